The summed E-state index contributed by atoms with van der Waals surface area (Å²) in [5.41, 5.74) is -0.828. The molecule has 1 rings (SSSR count). The first-order valence-electron chi connectivity index (χ1n) is 10.7. The summed E-state index contributed by atoms with van der Waals surface area (Å²) in [6.07, 6.45) is 0.472. The Hall–Kier alpha value is -2.25. The Morgan fingerprint density at radius 3 is 1.89 bits per heavy atom. The molecule has 11 nitrogen and oxygen atoms in total. The maximum absolute atomic E-state index is 12.2. The van der Waals surface area contributed by atoms with Crippen LogP contribution >= 0.6 is 22.1 Å². The monoisotopic (exact) mass is 537 g/mol. The second kappa shape index (κ2) is 13.7. The number of rotatable bonds is 11. The summed E-state index contributed by atoms with van der Waals surface area (Å²) in [6.45, 7) is 9.85. The number of esters is 3. The summed E-state index contributed by atoms with van der Waals surface area (Å²) in [7, 11) is -2.13. The van der Waals surface area contributed by atoms with Crippen molar-refractivity contribution in [3.05, 3.63) is 12.7 Å². The van der Waals surface area contributed by atoms with Crippen molar-refractivity contribution in [1.29, 1.82) is 0 Å². The molecule has 0 spiro atoms. The van der Waals surface area contributed by atoms with Crippen LogP contribution in [0.4, 0.5) is 0 Å². The van der Waals surface area contributed by atoms with Crippen molar-refractivity contribution in [2.24, 2.45) is 0 Å². The van der Waals surface area contributed by atoms with Gasteiger partial charge in [0.2, 0.25) is 5.91 Å². The fraction of sp³-hybridized carbons (Fsp3) is 0.682. The molecular formula is C22H35NO10S2. The van der Waals surface area contributed by atoms with Gasteiger partial charge in [0.25, 0.3) is 0 Å². The van der Waals surface area contributed by atoms with E-state index in [4.69, 9.17) is 23.1 Å². The van der Waals surface area contributed by atoms with E-state index in [2.05, 4.69) is 11.9 Å². The SMILES string of the molecule is C=CCS(C)(C[C@H](NC(C)=O)[C@H]1O[C@H](SC)[C@H](OC(C)=O)[C@@H](OC(C)=O)[C@H]1OC(C)=O)OC(C)=O. The van der Waals surface area contributed by atoms with Crippen molar-refractivity contribution < 1.29 is 47.1 Å². The van der Waals surface area contributed by atoms with E-state index in [0.29, 0.717) is 5.75 Å². The van der Waals surface area contributed by atoms with E-state index in [1.165, 1.54) is 46.4 Å². The van der Waals surface area contributed by atoms with Gasteiger partial charge in [0.15, 0.2) is 18.3 Å². The Morgan fingerprint density at radius 2 is 1.46 bits per heavy atom. The predicted molar refractivity (Wildman–Crippen MR) is 132 cm³/mol. The molecule has 35 heavy (non-hydrogen) atoms. The van der Waals surface area contributed by atoms with Crippen molar-refractivity contribution >= 4 is 51.9 Å². The molecule has 1 aliphatic rings. The first kappa shape index (κ1) is 30.8. The molecule has 0 saturated carbocycles. The van der Waals surface area contributed by atoms with Crippen LogP contribution in [0.1, 0.15) is 34.6 Å². The lowest BCUT2D eigenvalue weighted by Gasteiger charge is -2.48. The Balaban J connectivity index is 3.60. The highest BCUT2D eigenvalue weighted by Crippen LogP contribution is 2.47. The number of carbonyl (C=O) groups excluding carboxylic acids is 5. The van der Waals surface area contributed by atoms with Crippen LogP contribution in [0.25, 0.3) is 0 Å². The van der Waals surface area contributed by atoms with Crippen LogP contribution in [0.5, 0.6) is 0 Å². The molecule has 7 atom stereocenters. The molecule has 0 radical (unpaired) electrons. The summed E-state index contributed by atoms with van der Waals surface area (Å²) >= 11 is 1.19. The average Bonchev–Trinajstić information content (AvgIpc) is 2.68. The summed E-state index contributed by atoms with van der Waals surface area (Å²) < 4.78 is 28.2. The molecule has 0 aromatic heterocycles. The zero-order valence-corrected chi connectivity index (χ0v) is 22.7. The first-order chi connectivity index (χ1) is 16.2. The van der Waals surface area contributed by atoms with E-state index in [-0.39, 0.29) is 5.75 Å². The van der Waals surface area contributed by atoms with Crippen LogP contribution in [-0.4, -0.2) is 89.7 Å². The quantitative estimate of drug-likeness (QED) is 0.232. The highest BCUT2D eigenvalue weighted by atomic mass is 32.3. The van der Waals surface area contributed by atoms with Crippen LogP contribution < -0.4 is 5.32 Å². The van der Waals surface area contributed by atoms with Crippen LogP contribution in [0.15, 0.2) is 12.7 Å². The topological polar surface area (TPSA) is 144 Å². The van der Waals surface area contributed by atoms with Crippen molar-refractivity contribution in [3.8, 4) is 0 Å². The Morgan fingerprint density at radius 1 is 0.943 bits per heavy atom. The predicted octanol–water partition coefficient (Wildman–Crippen LogP) is 1.47. The Kier molecular flexibility index (Phi) is 12.1. The van der Waals surface area contributed by atoms with E-state index < -0.39 is 76.0 Å². The first-order valence-corrected chi connectivity index (χ1v) is 14.3. The smallest absolute Gasteiger partial charge is 0.313 e. The molecular weight excluding hydrogens is 502 g/mol. The molecule has 0 aromatic carbocycles. The third kappa shape index (κ3) is 9.73. The van der Waals surface area contributed by atoms with Gasteiger partial charge in [-0.15, -0.1) is 18.3 Å². The summed E-state index contributed by atoms with van der Waals surface area (Å²) in [4.78, 5) is 59.8. The zero-order chi connectivity index (χ0) is 26.9. The molecule has 1 unspecified atom stereocenters. The lowest BCUT2D eigenvalue weighted by Crippen LogP contribution is -2.66. The molecule has 13 heteroatoms. The van der Waals surface area contributed by atoms with Gasteiger partial charge in [0.05, 0.1) is 6.04 Å². The van der Waals surface area contributed by atoms with Gasteiger partial charge in [-0.2, -0.15) is 0 Å². The van der Waals surface area contributed by atoms with Gasteiger partial charge in [-0.25, -0.2) is 0 Å². The van der Waals surface area contributed by atoms with Crippen molar-refractivity contribution in [2.75, 3.05) is 24.0 Å². The van der Waals surface area contributed by atoms with Crippen LogP contribution in [0.2, 0.25) is 0 Å². The summed E-state index contributed by atoms with van der Waals surface area (Å²) in [6, 6.07) is -0.831. The van der Waals surface area contributed by atoms with E-state index in [9.17, 15) is 24.0 Å². The molecule has 1 aliphatic heterocycles. The average molecular weight is 538 g/mol. The number of nitrogens with one attached hydrogen (secondary N) is 1. The number of amides is 1. The van der Waals surface area contributed by atoms with E-state index in [0.717, 1.165) is 0 Å². The fourth-order valence-corrected chi connectivity index (χ4v) is 6.93. The fourth-order valence-electron chi connectivity index (χ4n) is 3.85. The van der Waals surface area contributed by atoms with Crippen LogP contribution in [0.3, 0.4) is 0 Å². The largest absolute Gasteiger partial charge is 0.456 e. The lowest BCUT2D eigenvalue weighted by atomic mass is 9.94. The maximum Gasteiger partial charge on any atom is 0.313 e. The molecule has 0 aromatic rings. The minimum absolute atomic E-state index is 0.132. The highest BCUT2D eigenvalue weighted by Gasteiger charge is 2.54. The second-order valence-corrected chi connectivity index (χ2v) is 12.3. The molecule has 1 amide bonds. The number of hydrogen-bond donors (Lipinski definition) is 1. The van der Waals surface area contributed by atoms with Gasteiger partial charge in [0, 0.05) is 46.1 Å². The van der Waals surface area contributed by atoms with Crippen molar-refractivity contribution in [1.82, 2.24) is 5.32 Å². The molecule has 200 valence electrons. The Bertz CT molecular complexity index is 822. The van der Waals surface area contributed by atoms with Gasteiger partial charge >= 0.3 is 23.9 Å². The Labute approximate surface area is 211 Å². The molecule has 0 aliphatic carbocycles. The van der Waals surface area contributed by atoms with E-state index in [1.54, 1.807) is 18.6 Å². The third-order valence-corrected chi connectivity index (χ3v) is 8.26. The molecule has 0 bridgehead atoms. The minimum atomic E-state index is -2.13. The van der Waals surface area contributed by atoms with Crippen molar-refractivity contribution in [2.45, 2.75) is 70.5 Å². The van der Waals surface area contributed by atoms with E-state index >= 15 is 0 Å². The van der Waals surface area contributed by atoms with Gasteiger partial charge < -0.3 is 28.4 Å². The molecule has 1 saturated heterocycles. The van der Waals surface area contributed by atoms with Crippen LogP contribution in [-0.2, 0) is 47.1 Å². The van der Waals surface area contributed by atoms with Crippen molar-refractivity contribution in [3.63, 3.8) is 0 Å². The van der Waals surface area contributed by atoms with Gasteiger partial charge in [0.1, 0.15) is 11.5 Å². The van der Waals surface area contributed by atoms with E-state index in [1.807, 2.05) is 0 Å². The maximum atomic E-state index is 12.2. The number of thioether (sulfide) groups is 1. The standard InChI is InChI=1S/C22H35NO10S2/c1-9-10-35(8,33-16(6)28)11-17(23-12(2)24)18-19(29-13(3)25)20(30-14(4)26)21(31-15(5)27)22(32-18)34-7/h9,17-22H,1,10-11H2,2-8H3,(H,23,24)/t17-,18+,19-,20-,21+,22+/m0/s1. The summed E-state index contributed by atoms with van der Waals surface area (Å²) in [5.74, 6) is -2.48. The lowest BCUT2D eigenvalue weighted by molar-refractivity contribution is -0.234. The highest BCUT2D eigenvalue weighted by molar-refractivity contribution is 8.29. The second-order valence-electron chi connectivity index (χ2n) is 8.11. The summed E-state index contributed by atoms with van der Waals surface area (Å²) in [5, 5.41) is 2.80. The van der Waals surface area contributed by atoms with Gasteiger partial charge in [-0.1, -0.05) is 16.4 Å². The molecule has 1 heterocycles. The number of hydrogen-bond acceptors (Lipinski definition) is 11. The zero-order valence-electron chi connectivity index (χ0n) is 21.1. The third-order valence-electron chi connectivity index (χ3n) is 4.78. The number of ether oxygens (including phenoxy) is 4. The molecule has 1 fully saturated rings. The minimum Gasteiger partial charge on any atom is -0.456 e. The van der Waals surface area contributed by atoms with Gasteiger partial charge in [-0.3, -0.25) is 24.0 Å². The molecule has 1 N–H and O–H groups in total. The number of carbonyl (C=O) groups is 5. The van der Waals surface area contributed by atoms with Crippen LogP contribution in [0, 0.1) is 0 Å². The normalized spacial score (nSPS) is 27.2. The van der Waals surface area contributed by atoms with Gasteiger partial charge in [-0.05, 0) is 12.5 Å².